The van der Waals surface area contributed by atoms with E-state index in [4.69, 9.17) is 0 Å². The van der Waals surface area contributed by atoms with Crippen molar-refractivity contribution in [3.63, 3.8) is 0 Å². The van der Waals surface area contributed by atoms with Gasteiger partial charge in [0.1, 0.15) is 5.82 Å². The Hall–Kier alpha value is -0.930. The molecule has 0 bridgehead atoms. The number of halogens is 1. The lowest BCUT2D eigenvalue weighted by atomic mass is 10.0. The fourth-order valence-electron chi connectivity index (χ4n) is 2.50. The van der Waals surface area contributed by atoms with E-state index >= 15 is 0 Å². The Morgan fingerprint density at radius 3 is 3.00 bits per heavy atom. The predicted molar refractivity (Wildman–Crippen MR) is 73.2 cm³/mol. The first-order valence-corrected chi connectivity index (χ1v) is 7.03. The normalized spacial score (nSPS) is 19.9. The third-order valence-corrected chi connectivity index (χ3v) is 3.56. The summed E-state index contributed by atoms with van der Waals surface area (Å²) in [5.41, 5.74) is 1.07. The van der Waals surface area contributed by atoms with Gasteiger partial charge in [0, 0.05) is 6.04 Å². The van der Waals surface area contributed by atoms with Crippen LogP contribution in [0.3, 0.4) is 0 Å². The molecule has 1 unspecified atom stereocenters. The molecule has 100 valence electrons. The van der Waals surface area contributed by atoms with Gasteiger partial charge in [-0.05, 0) is 63.0 Å². The van der Waals surface area contributed by atoms with Crippen molar-refractivity contribution >= 4 is 0 Å². The zero-order valence-electron chi connectivity index (χ0n) is 10.9. The number of hydrogen-bond acceptors (Lipinski definition) is 2. The second-order valence-corrected chi connectivity index (χ2v) is 5.07. The molecule has 0 spiro atoms. The van der Waals surface area contributed by atoms with Crippen molar-refractivity contribution in [2.24, 2.45) is 0 Å². The van der Waals surface area contributed by atoms with Crippen LogP contribution in [0.4, 0.5) is 4.39 Å². The Bertz CT molecular complexity index is 348. The molecule has 2 N–H and O–H groups in total. The van der Waals surface area contributed by atoms with E-state index in [0.29, 0.717) is 6.04 Å². The summed E-state index contributed by atoms with van der Waals surface area (Å²) < 4.78 is 13.0. The number of piperidine rings is 1. The minimum Gasteiger partial charge on any atom is -0.316 e. The molecule has 1 aliphatic rings. The van der Waals surface area contributed by atoms with Gasteiger partial charge in [0.05, 0.1) is 0 Å². The topological polar surface area (TPSA) is 24.1 Å². The van der Waals surface area contributed by atoms with Crippen molar-refractivity contribution in [1.82, 2.24) is 10.6 Å². The maximum atomic E-state index is 13.0. The van der Waals surface area contributed by atoms with Gasteiger partial charge < -0.3 is 10.6 Å². The van der Waals surface area contributed by atoms with E-state index in [0.717, 1.165) is 25.1 Å². The van der Waals surface area contributed by atoms with Crippen LogP contribution in [0.2, 0.25) is 0 Å². The average molecular weight is 250 g/mol. The molecule has 0 amide bonds. The Morgan fingerprint density at radius 1 is 1.28 bits per heavy atom. The first-order valence-electron chi connectivity index (χ1n) is 7.03. The predicted octanol–water partition coefficient (Wildman–Crippen LogP) is 2.49. The van der Waals surface area contributed by atoms with E-state index in [-0.39, 0.29) is 5.82 Å². The molecule has 3 heteroatoms. The fourth-order valence-corrected chi connectivity index (χ4v) is 2.50. The number of rotatable bonds is 6. The van der Waals surface area contributed by atoms with Crippen molar-refractivity contribution < 1.29 is 4.39 Å². The average Bonchev–Trinajstić information content (AvgIpc) is 2.40. The summed E-state index contributed by atoms with van der Waals surface area (Å²) in [6, 6.07) is 7.56. The molecule has 2 rings (SSSR count). The molecule has 1 aromatic carbocycles. The minimum atomic E-state index is -0.140. The van der Waals surface area contributed by atoms with Crippen LogP contribution in [0.25, 0.3) is 0 Å². The summed E-state index contributed by atoms with van der Waals surface area (Å²) in [5.74, 6) is -0.140. The van der Waals surface area contributed by atoms with Crippen LogP contribution in [0.1, 0.15) is 31.2 Å². The molecule has 0 aromatic heterocycles. The summed E-state index contributed by atoms with van der Waals surface area (Å²) in [4.78, 5) is 0. The Labute approximate surface area is 109 Å². The lowest BCUT2D eigenvalue weighted by Crippen LogP contribution is -2.36. The van der Waals surface area contributed by atoms with E-state index in [1.807, 2.05) is 6.07 Å². The van der Waals surface area contributed by atoms with E-state index < -0.39 is 0 Å². The third kappa shape index (κ3) is 4.75. The molecule has 0 aliphatic carbocycles. The van der Waals surface area contributed by atoms with E-state index in [9.17, 15) is 4.39 Å². The Balaban J connectivity index is 1.55. The van der Waals surface area contributed by atoms with Gasteiger partial charge in [-0.1, -0.05) is 18.6 Å². The van der Waals surface area contributed by atoms with Gasteiger partial charge in [0.25, 0.3) is 0 Å². The van der Waals surface area contributed by atoms with Crippen LogP contribution >= 0.6 is 0 Å². The van der Waals surface area contributed by atoms with E-state index in [2.05, 4.69) is 10.6 Å². The highest BCUT2D eigenvalue weighted by Crippen LogP contribution is 2.09. The second-order valence-electron chi connectivity index (χ2n) is 5.07. The minimum absolute atomic E-state index is 0.140. The molecule has 1 fully saturated rings. The largest absolute Gasteiger partial charge is 0.316 e. The van der Waals surface area contributed by atoms with Gasteiger partial charge in [-0.15, -0.1) is 0 Å². The molecule has 18 heavy (non-hydrogen) atoms. The van der Waals surface area contributed by atoms with E-state index in [1.54, 1.807) is 12.1 Å². The lowest BCUT2D eigenvalue weighted by Gasteiger charge is -2.23. The third-order valence-electron chi connectivity index (χ3n) is 3.56. The summed E-state index contributed by atoms with van der Waals surface area (Å²) in [5, 5.41) is 6.98. The summed E-state index contributed by atoms with van der Waals surface area (Å²) >= 11 is 0. The van der Waals surface area contributed by atoms with Gasteiger partial charge in [-0.2, -0.15) is 0 Å². The van der Waals surface area contributed by atoms with Gasteiger partial charge in [-0.3, -0.25) is 0 Å². The second kappa shape index (κ2) is 7.49. The van der Waals surface area contributed by atoms with Gasteiger partial charge in [0.15, 0.2) is 0 Å². The summed E-state index contributed by atoms with van der Waals surface area (Å²) in [6.07, 6.45) is 6.09. The zero-order valence-corrected chi connectivity index (χ0v) is 10.9. The SMILES string of the molecule is Fc1cccc(CCNCCC2CCCCN2)c1. The van der Waals surface area contributed by atoms with Gasteiger partial charge >= 0.3 is 0 Å². The molecule has 0 saturated carbocycles. The molecule has 0 radical (unpaired) electrons. The van der Waals surface area contributed by atoms with Crippen LogP contribution < -0.4 is 10.6 Å². The van der Waals surface area contributed by atoms with E-state index in [1.165, 1.54) is 38.3 Å². The smallest absolute Gasteiger partial charge is 0.123 e. The van der Waals surface area contributed by atoms with Crippen LogP contribution in [-0.4, -0.2) is 25.7 Å². The van der Waals surface area contributed by atoms with Crippen LogP contribution in [0.5, 0.6) is 0 Å². The molecule has 1 heterocycles. The van der Waals surface area contributed by atoms with Crippen LogP contribution in [0.15, 0.2) is 24.3 Å². The van der Waals surface area contributed by atoms with Gasteiger partial charge in [0.2, 0.25) is 0 Å². The number of benzene rings is 1. The van der Waals surface area contributed by atoms with Crippen molar-refractivity contribution in [2.45, 2.75) is 38.1 Å². The fraction of sp³-hybridized carbons (Fsp3) is 0.600. The first-order chi connectivity index (χ1) is 8.84. The maximum Gasteiger partial charge on any atom is 0.123 e. The molecule has 1 aromatic rings. The monoisotopic (exact) mass is 250 g/mol. The van der Waals surface area contributed by atoms with Crippen molar-refractivity contribution in [1.29, 1.82) is 0 Å². The van der Waals surface area contributed by atoms with Gasteiger partial charge in [-0.25, -0.2) is 4.39 Å². The van der Waals surface area contributed by atoms with Crippen molar-refractivity contribution in [3.8, 4) is 0 Å². The quantitative estimate of drug-likeness (QED) is 0.758. The first kappa shape index (κ1) is 13.5. The lowest BCUT2D eigenvalue weighted by molar-refractivity contribution is 0.377. The molecule has 2 nitrogen and oxygen atoms in total. The standard InChI is InChI=1S/C15H23FN2/c16-14-5-3-4-13(12-14)7-10-17-11-8-15-6-1-2-9-18-15/h3-5,12,15,17-18H,1-2,6-11H2. The highest BCUT2D eigenvalue weighted by molar-refractivity contribution is 5.16. The highest BCUT2D eigenvalue weighted by atomic mass is 19.1. The highest BCUT2D eigenvalue weighted by Gasteiger charge is 2.11. The summed E-state index contributed by atoms with van der Waals surface area (Å²) in [7, 11) is 0. The maximum absolute atomic E-state index is 13.0. The summed E-state index contributed by atoms with van der Waals surface area (Å²) in [6.45, 7) is 3.15. The Kier molecular flexibility index (Phi) is 5.62. The number of hydrogen-bond donors (Lipinski definition) is 2. The van der Waals surface area contributed by atoms with Crippen molar-refractivity contribution in [2.75, 3.05) is 19.6 Å². The Morgan fingerprint density at radius 2 is 2.22 bits per heavy atom. The molecular formula is C15H23FN2. The van der Waals surface area contributed by atoms with Crippen molar-refractivity contribution in [3.05, 3.63) is 35.6 Å². The number of nitrogens with one attached hydrogen (secondary N) is 2. The molecule has 1 saturated heterocycles. The molecular weight excluding hydrogens is 227 g/mol. The molecule has 1 atom stereocenters. The van der Waals surface area contributed by atoms with Crippen LogP contribution in [0, 0.1) is 5.82 Å². The van der Waals surface area contributed by atoms with Crippen LogP contribution in [-0.2, 0) is 6.42 Å². The zero-order chi connectivity index (χ0) is 12.6. The molecule has 1 aliphatic heterocycles.